The molecule has 0 spiro atoms. The minimum atomic E-state index is -1.23. The minimum Gasteiger partial charge on any atom is -0.382 e. The highest BCUT2D eigenvalue weighted by Gasteiger charge is 2.25. The molecule has 0 aliphatic heterocycles. The number of benzene rings is 1. The zero-order valence-corrected chi connectivity index (χ0v) is 18.3. The third-order valence-corrected chi connectivity index (χ3v) is 5.19. The SMILES string of the molecule is CN(CCCCc1nc2c3cc(F)cc(F)c3nc(N)n2n1)C(=O)c1cc(C(C)(C)O)on1. The van der Waals surface area contributed by atoms with Crippen molar-refractivity contribution in [3.8, 4) is 0 Å². The van der Waals surface area contributed by atoms with Crippen LogP contribution in [-0.4, -0.2) is 54.2 Å². The average molecular weight is 459 g/mol. The van der Waals surface area contributed by atoms with Crippen LogP contribution >= 0.6 is 0 Å². The van der Waals surface area contributed by atoms with E-state index in [1.807, 2.05) is 0 Å². The molecule has 3 heterocycles. The summed E-state index contributed by atoms with van der Waals surface area (Å²) in [7, 11) is 1.64. The molecule has 12 heteroatoms. The third kappa shape index (κ3) is 4.46. The number of aliphatic hydroxyl groups is 1. The van der Waals surface area contributed by atoms with Crippen molar-refractivity contribution in [1.82, 2.24) is 29.6 Å². The van der Waals surface area contributed by atoms with Gasteiger partial charge in [0.15, 0.2) is 28.7 Å². The second-order valence-electron chi connectivity index (χ2n) is 8.34. The summed E-state index contributed by atoms with van der Waals surface area (Å²) < 4.78 is 34.1. The number of hydrogen-bond acceptors (Lipinski definition) is 8. The number of hydrogen-bond donors (Lipinski definition) is 2. The number of nitrogens with zero attached hydrogens (tertiary/aromatic N) is 6. The Balaban J connectivity index is 1.40. The van der Waals surface area contributed by atoms with E-state index < -0.39 is 17.2 Å². The van der Waals surface area contributed by atoms with Crippen LogP contribution in [0.4, 0.5) is 14.7 Å². The van der Waals surface area contributed by atoms with Crippen LogP contribution in [0.3, 0.4) is 0 Å². The smallest absolute Gasteiger partial charge is 0.275 e. The van der Waals surface area contributed by atoms with Gasteiger partial charge in [-0.2, -0.15) is 4.52 Å². The Labute approximate surface area is 187 Å². The van der Waals surface area contributed by atoms with Crippen LogP contribution in [-0.2, 0) is 12.0 Å². The second-order valence-corrected chi connectivity index (χ2v) is 8.34. The van der Waals surface area contributed by atoms with Gasteiger partial charge in [-0.15, -0.1) is 5.10 Å². The van der Waals surface area contributed by atoms with Gasteiger partial charge in [0.2, 0.25) is 5.95 Å². The van der Waals surface area contributed by atoms with Gasteiger partial charge in [-0.05, 0) is 32.8 Å². The Morgan fingerprint density at radius 1 is 1.24 bits per heavy atom. The van der Waals surface area contributed by atoms with Gasteiger partial charge in [-0.25, -0.2) is 18.7 Å². The first-order chi connectivity index (χ1) is 15.5. The van der Waals surface area contributed by atoms with E-state index in [1.54, 1.807) is 20.9 Å². The molecule has 4 rings (SSSR count). The number of aromatic nitrogens is 5. The van der Waals surface area contributed by atoms with Gasteiger partial charge >= 0.3 is 0 Å². The lowest BCUT2D eigenvalue weighted by molar-refractivity contribution is 0.0473. The van der Waals surface area contributed by atoms with Crippen molar-refractivity contribution in [2.75, 3.05) is 19.3 Å². The van der Waals surface area contributed by atoms with Crippen LogP contribution in [0, 0.1) is 11.6 Å². The van der Waals surface area contributed by atoms with Crippen molar-refractivity contribution in [3.05, 3.63) is 47.1 Å². The summed E-state index contributed by atoms with van der Waals surface area (Å²) in [4.78, 5) is 22.3. The molecular formula is C21H23F2N7O3. The maximum absolute atomic E-state index is 14.1. The topological polar surface area (TPSA) is 136 Å². The molecule has 10 nitrogen and oxygen atoms in total. The number of halogens is 2. The van der Waals surface area contributed by atoms with Crippen molar-refractivity contribution < 1.29 is 23.2 Å². The predicted molar refractivity (Wildman–Crippen MR) is 114 cm³/mol. The molecule has 0 aliphatic rings. The first-order valence-corrected chi connectivity index (χ1v) is 10.3. The summed E-state index contributed by atoms with van der Waals surface area (Å²) >= 11 is 0. The number of nitrogen functional groups attached to an aromatic ring is 1. The van der Waals surface area contributed by atoms with E-state index in [-0.39, 0.29) is 39.9 Å². The molecule has 1 aromatic carbocycles. The molecule has 4 aromatic rings. The van der Waals surface area contributed by atoms with Gasteiger partial charge in [0, 0.05) is 32.1 Å². The van der Waals surface area contributed by atoms with Crippen molar-refractivity contribution >= 4 is 28.4 Å². The summed E-state index contributed by atoms with van der Waals surface area (Å²) in [5, 5.41) is 18.1. The van der Waals surface area contributed by atoms with E-state index in [0.29, 0.717) is 31.6 Å². The number of unbranched alkanes of at least 4 members (excludes halogenated alkanes) is 1. The molecule has 0 atom stereocenters. The fourth-order valence-corrected chi connectivity index (χ4v) is 3.40. The fraction of sp³-hybridized carbons (Fsp3) is 0.381. The predicted octanol–water partition coefficient (Wildman–Crippen LogP) is 2.45. The number of nitrogens with two attached hydrogens (primary N) is 1. The number of fused-ring (bicyclic) bond motifs is 3. The Morgan fingerprint density at radius 2 is 2.00 bits per heavy atom. The van der Waals surface area contributed by atoms with Crippen molar-refractivity contribution in [2.24, 2.45) is 0 Å². The molecule has 0 bridgehead atoms. The summed E-state index contributed by atoms with van der Waals surface area (Å²) in [5.74, 6) is -1.29. The maximum atomic E-state index is 14.1. The Kier molecular flexibility index (Phi) is 5.70. The highest BCUT2D eigenvalue weighted by Crippen LogP contribution is 2.24. The number of aryl methyl sites for hydroxylation is 1. The van der Waals surface area contributed by atoms with E-state index in [2.05, 4.69) is 20.2 Å². The summed E-state index contributed by atoms with van der Waals surface area (Å²) in [6, 6.07) is 3.31. The Hall–Kier alpha value is -3.67. The van der Waals surface area contributed by atoms with Crippen LogP contribution in [0.1, 0.15) is 48.8 Å². The zero-order valence-electron chi connectivity index (χ0n) is 18.3. The van der Waals surface area contributed by atoms with Gasteiger partial charge in [-0.1, -0.05) is 5.16 Å². The molecule has 0 saturated carbocycles. The fourth-order valence-electron chi connectivity index (χ4n) is 3.40. The molecular weight excluding hydrogens is 436 g/mol. The molecule has 33 heavy (non-hydrogen) atoms. The molecule has 1 amide bonds. The van der Waals surface area contributed by atoms with Gasteiger partial charge < -0.3 is 20.3 Å². The number of carbonyl (C=O) groups is 1. The molecule has 0 radical (unpaired) electrons. The standard InChI is InChI=1S/C21H23F2N7O3/c1-21(2,32)15-10-14(28-33-15)19(31)29(3)7-5-4-6-16-25-18-12-8-11(22)9-13(23)17(12)26-20(24)30(18)27-16/h8-10,32H,4-7H2,1-3H3,(H2,24,26). The second kappa shape index (κ2) is 8.35. The van der Waals surface area contributed by atoms with E-state index in [1.165, 1.54) is 15.5 Å². The normalized spacial score (nSPS) is 12.1. The van der Waals surface area contributed by atoms with Crippen LogP contribution in [0.25, 0.3) is 16.6 Å². The van der Waals surface area contributed by atoms with Crippen molar-refractivity contribution in [1.29, 1.82) is 0 Å². The summed E-state index contributed by atoms with van der Waals surface area (Å²) in [5.41, 5.74) is 4.92. The Bertz CT molecular complexity index is 1340. The van der Waals surface area contributed by atoms with E-state index in [4.69, 9.17) is 10.3 Å². The lowest BCUT2D eigenvalue weighted by Gasteiger charge is -2.15. The molecule has 3 aromatic heterocycles. The van der Waals surface area contributed by atoms with Gasteiger partial charge in [0.1, 0.15) is 16.9 Å². The summed E-state index contributed by atoms with van der Waals surface area (Å²) in [6.45, 7) is 3.52. The molecule has 0 unspecified atom stereocenters. The molecule has 174 valence electrons. The zero-order chi connectivity index (χ0) is 23.9. The van der Waals surface area contributed by atoms with Gasteiger partial charge in [0.05, 0.1) is 5.39 Å². The van der Waals surface area contributed by atoms with Crippen molar-refractivity contribution in [2.45, 2.75) is 38.7 Å². The number of rotatable bonds is 7. The van der Waals surface area contributed by atoms with Gasteiger partial charge in [0.25, 0.3) is 5.91 Å². The van der Waals surface area contributed by atoms with Crippen molar-refractivity contribution in [3.63, 3.8) is 0 Å². The highest BCUT2D eigenvalue weighted by atomic mass is 19.1. The Morgan fingerprint density at radius 3 is 2.70 bits per heavy atom. The monoisotopic (exact) mass is 459 g/mol. The maximum Gasteiger partial charge on any atom is 0.275 e. The molecule has 3 N–H and O–H groups in total. The minimum absolute atomic E-state index is 0.0508. The summed E-state index contributed by atoms with van der Waals surface area (Å²) in [6.07, 6.45) is 1.76. The number of carbonyl (C=O) groups excluding carboxylic acids is 1. The van der Waals surface area contributed by atoms with Gasteiger partial charge in [-0.3, -0.25) is 4.79 Å². The van der Waals surface area contributed by atoms with E-state index in [9.17, 15) is 18.7 Å². The first-order valence-electron chi connectivity index (χ1n) is 10.3. The molecule has 0 aliphatic carbocycles. The highest BCUT2D eigenvalue weighted by molar-refractivity contribution is 5.93. The van der Waals surface area contributed by atoms with E-state index >= 15 is 0 Å². The van der Waals surface area contributed by atoms with Crippen LogP contribution in [0.15, 0.2) is 22.7 Å². The number of amides is 1. The largest absolute Gasteiger partial charge is 0.382 e. The molecule has 0 fully saturated rings. The lowest BCUT2D eigenvalue weighted by Crippen LogP contribution is -2.28. The first kappa shape index (κ1) is 22.5. The van der Waals surface area contributed by atoms with Crippen LogP contribution in [0.5, 0.6) is 0 Å². The third-order valence-electron chi connectivity index (χ3n) is 5.19. The quantitative estimate of drug-likeness (QED) is 0.402. The molecule has 0 saturated heterocycles. The van der Waals surface area contributed by atoms with E-state index in [0.717, 1.165) is 12.1 Å². The van der Waals surface area contributed by atoms with Crippen LogP contribution < -0.4 is 5.73 Å². The number of anilines is 1. The lowest BCUT2D eigenvalue weighted by atomic mass is 10.1. The van der Waals surface area contributed by atoms with Crippen LogP contribution in [0.2, 0.25) is 0 Å². The average Bonchev–Trinajstić information content (AvgIpc) is 3.39.